The van der Waals surface area contributed by atoms with Crippen LogP contribution < -0.4 is 0 Å². The van der Waals surface area contributed by atoms with Gasteiger partial charge in [-0.05, 0) is 12.7 Å². The van der Waals surface area contributed by atoms with Gasteiger partial charge in [-0.1, -0.05) is 18.7 Å². The zero-order valence-electron chi connectivity index (χ0n) is 7.24. The van der Waals surface area contributed by atoms with E-state index in [4.69, 9.17) is 5.11 Å². The highest BCUT2D eigenvalue weighted by Gasteiger charge is 2.02. The Morgan fingerprint density at radius 2 is 2.33 bits per heavy atom. The first kappa shape index (κ1) is 9.48. The van der Waals surface area contributed by atoms with Gasteiger partial charge < -0.3 is 5.11 Å². The predicted molar refractivity (Wildman–Crippen MR) is 49.1 cm³/mol. The summed E-state index contributed by atoms with van der Waals surface area (Å²) in [5.74, 6) is 0. The van der Waals surface area contributed by atoms with Gasteiger partial charge in [-0.25, -0.2) is 9.97 Å². The number of rotatable bonds is 3. The van der Waals surface area contributed by atoms with Crippen LogP contribution in [-0.2, 0) is 13.0 Å². The van der Waals surface area contributed by atoms with E-state index in [-0.39, 0.29) is 6.61 Å². The minimum absolute atomic E-state index is 0.0256. The minimum Gasteiger partial charge on any atom is -0.392 e. The molecule has 0 radical (unpaired) electrons. The van der Waals surface area contributed by atoms with Gasteiger partial charge in [-0.15, -0.1) is 0 Å². The summed E-state index contributed by atoms with van der Waals surface area (Å²) in [6.45, 7) is 2.05. The third kappa shape index (κ3) is 1.95. The van der Waals surface area contributed by atoms with Crippen molar-refractivity contribution in [2.24, 2.45) is 0 Å². The maximum atomic E-state index is 8.93. The zero-order valence-corrected chi connectivity index (χ0v) is 8.06. The summed E-state index contributed by atoms with van der Waals surface area (Å²) in [5, 5.41) is 9.69. The van der Waals surface area contributed by atoms with Crippen molar-refractivity contribution in [3.05, 3.63) is 17.5 Å². The van der Waals surface area contributed by atoms with Gasteiger partial charge in [0.2, 0.25) is 0 Å². The number of aliphatic hydroxyl groups is 1. The third-order valence-corrected chi connectivity index (χ3v) is 2.18. The molecule has 0 saturated heterocycles. The Morgan fingerprint density at radius 1 is 1.58 bits per heavy atom. The Bertz CT molecular complexity index is 265. The lowest BCUT2D eigenvalue weighted by atomic mass is 10.2. The molecule has 0 aliphatic heterocycles. The van der Waals surface area contributed by atoms with Crippen molar-refractivity contribution in [3.8, 4) is 0 Å². The first-order chi connectivity index (χ1) is 5.81. The summed E-state index contributed by atoms with van der Waals surface area (Å²) in [6, 6.07) is 0. The average Bonchev–Trinajstić information content (AvgIpc) is 2.16. The summed E-state index contributed by atoms with van der Waals surface area (Å²) in [4.78, 5) is 8.34. The molecule has 0 atom stereocenters. The molecule has 1 aromatic rings. The van der Waals surface area contributed by atoms with Crippen LogP contribution >= 0.6 is 11.8 Å². The van der Waals surface area contributed by atoms with E-state index < -0.39 is 0 Å². The van der Waals surface area contributed by atoms with E-state index in [1.165, 1.54) is 11.8 Å². The van der Waals surface area contributed by atoms with Crippen LogP contribution in [0.4, 0.5) is 0 Å². The molecule has 1 aromatic heterocycles. The first-order valence-corrected chi connectivity index (χ1v) is 5.04. The number of aromatic nitrogens is 2. The largest absolute Gasteiger partial charge is 0.392 e. The zero-order chi connectivity index (χ0) is 8.97. The molecule has 0 saturated carbocycles. The Hall–Kier alpha value is -0.610. The molecular formula is C8H12N2OS. The first-order valence-electron chi connectivity index (χ1n) is 3.81. The maximum Gasteiger partial charge on any atom is 0.187 e. The van der Waals surface area contributed by atoms with Crippen LogP contribution in [0.25, 0.3) is 0 Å². The number of nitrogens with zero attached hydrogens (tertiary/aromatic N) is 2. The quantitative estimate of drug-likeness (QED) is 0.567. The van der Waals surface area contributed by atoms with E-state index >= 15 is 0 Å². The van der Waals surface area contributed by atoms with Crippen molar-refractivity contribution < 1.29 is 5.11 Å². The lowest BCUT2D eigenvalue weighted by Crippen LogP contribution is -1.99. The van der Waals surface area contributed by atoms with Crippen LogP contribution in [0.5, 0.6) is 0 Å². The van der Waals surface area contributed by atoms with Crippen molar-refractivity contribution in [2.75, 3.05) is 6.26 Å². The second-order valence-electron chi connectivity index (χ2n) is 2.34. The number of thioether (sulfide) groups is 1. The fourth-order valence-electron chi connectivity index (χ4n) is 0.960. The second-order valence-corrected chi connectivity index (χ2v) is 3.11. The highest BCUT2D eigenvalue weighted by Crippen LogP contribution is 2.12. The summed E-state index contributed by atoms with van der Waals surface area (Å²) in [6.07, 6.45) is 4.47. The van der Waals surface area contributed by atoms with Gasteiger partial charge in [0.25, 0.3) is 0 Å². The van der Waals surface area contributed by atoms with Crippen molar-refractivity contribution in [1.82, 2.24) is 9.97 Å². The standard InChI is InChI=1S/C8H12N2OS/c1-3-7-6(5-11)4-9-8(10-7)12-2/h4,11H,3,5H2,1-2H3. The number of hydrogen-bond acceptors (Lipinski definition) is 4. The fraction of sp³-hybridized carbons (Fsp3) is 0.500. The molecule has 0 bridgehead atoms. The lowest BCUT2D eigenvalue weighted by molar-refractivity contribution is 0.279. The lowest BCUT2D eigenvalue weighted by Gasteiger charge is -2.03. The topological polar surface area (TPSA) is 46.0 Å². The molecule has 1 heterocycles. The Balaban J connectivity index is 3.02. The van der Waals surface area contributed by atoms with Gasteiger partial charge >= 0.3 is 0 Å². The highest BCUT2D eigenvalue weighted by molar-refractivity contribution is 7.98. The predicted octanol–water partition coefficient (Wildman–Crippen LogP) is 1.25. The third-order valence-electron chi connectivity index (χ3n) is 1.62. The van der Waals surface area contributed by atoms with Gasteiger partial charge in [-0.2, -0.15) is 0 Å². The Kier molecular flexibility index (Phi) is 3.49. The van der Waals surface area contributed by atoms with E-state index in [1.54, 1.807) is 6.20 Å². The molecule has 12 heavy (non-hydrogen) atoms. The Labute approximate surface area is 76.2 Å². The molecule has 0 fully saturated rings. The number of aliphatic hydroxyl groups excluding tert-OH is 1. The molecule has 3 nitrogen and oxygen atoms in total. The van der Waals surface area contributed by atoms with Gasteiger partial charge in [0.05, 0.1) is 12.3 Å². The maximum absolute atomic E-state index is 8.93. The SMILES string of the molecule is CCc1nc(SC)ncc1CO. The van der Waals surface area contributed by atoms with Gasteiger partial charge in [0.1, 0.15) is 0 Å². The van der Waals surface area contributed by atoms with Gasteiger partial charge in [0, 0.05) is 11.8 Å². The van der Waals surface area contributed by atoms with Crippen LogP contribution in [0.15, 0.2) is 11.4 Å². The molecule has 0 aliphatic rings. The molecule has 0 unspecified atom stereocenters. The average molecular weight is 184 g/mol. The summed E-state index contributed by atoms with van der Waals surface area (Å²) < 4.78 is 0. The van der Waals surface area contributed by atoms with E-state index in [1.807, 2.05) is 13.2 Å². The van der Waals surface area contributed by atoms with Crippen LogP contribution in [0, 0.1) is 0 Å². The smallest absolute Gasteiger partial charge is 0.187 e. The molecule has 0 amide bonds. The van der Waals surface area contributed by atoms with Crippen LogP contribution in [0.1, 0.15) is 18.2 Å². The minimum atomic E-state index is 0.0256. The van der Waals surface area contributed by atoms with Gasteiger partial charge in [0.15, 0.2) is 5.16 Å². The van der Waals surface area contributed by atoms with E-state index in [0.717, 1.165) is 22.8 Å². The van der Waals surface area contributed by atoms with Crippen LogP contribution in [0.2, 0.25) is 0 Å². The molecule has 0 spiro atoms. The van der Waals surface area contributed by atoms with E-state index in [9.17, 15) is 0 Å². The van der Waals surface area contributed by atoms with Crippen molar-refractivity contribution in [1.29, 1.82) is 0 Å². The molecule has 1 rings (SSSR count). The van der Waals surface area contributed by atoms with Crippen LogP contribution in [0.3, 0.4) is 0 Å². The summed E-state index contributed by atoms with van der Waals surface area (Å²) in [5.41, 5.74) is 1.77. The molecular weight excluding hydrogens is 172 g/mol. The van der Waals surface area contributed by atoms with E-state index in [0.29, 0.717) is 0 Å². The molecule has 0 aromatic carbocycles. The van der Waals surface area contributed by atoms with Gasteiger partial charge in [-0.3, -0.25) is 0 Å². The summed E-state index contributed by atoms with van der Waals surface area (Å²) >= 11 is 1.51. The van der Waals surface area contributed by atoms with Crippen molar-refractivity contribution >= 4 is 11.8 Å². The number of aryl methyl sites for hydroxylation is 1. The second kappa shape index (κ2) is 4.42. The van der Waals surface area contributed by atoms with Crippen LogP contribution in [-0.4, -0.2) is 21.3 Å². The highest BCUT2D eigenvalue weighted by atomic mass is 32.2. The van der Waals surface area contributed by atoms with E-state index in [2.05, 4.69) is 9.97 Å². The monoisotopic (exact) mass is 184 g/mol. The van der Waals surface area contributed by atoms with Crippen molar-refractivity contribution in [2.45, 2.75) is 25.1 Å². The fourth-order valence-corrected chi connectivity index (χ4v) is 1.32. The summed E-state index contributed by atoms with van der Waals surface area (Å²) in [7, 11) is 0. The normalized spacial score (nSPS) is 10.2. The molecule has 4 heteroatoms. The Morgan fingerprint density at radius 3 is 2.83 bits per heavy atom. The molecule has 1 N–H and O–H groups in total. The number of hydrogen-bond donors (Lipinski definition) is 1. The molecule has 66 valence electrons. The molecule has 0 aliphatic carbocycles. The van der Waals surface area contributed by atoms with Crippen molar-refractivity contribution in [3.63, 3.8) is 0 Å².